The molecule has 0 amide bonds. The Labute approximate surface area is 98.1 Å². The van der Waals surface area contributed by atoms with Gasteiger partial charge in [0.25, 0.3) is 0 Å². The lowest BCUT2D eigenvalue weighted by Crippen LogP contribution is -2.54. The molecule has 4 heteroatoms. The highest BCUT2D eigenvalue weighted by atomic mass is 16.5. The number of nitrogens with zero attached hydrogens (tertiary/aromatic N) is 1. The van der Waals surface area contributed by atoms with Gasteiger partial charge in [-0.1, -0.05) is 13.8 Å². The van der Waals surface area contributed by atoms with Crippen molar-refractivity contribution in [2.45, 2.75) is 45.7 Å². The number of ether oxygens (including phenoxy) is 1. The molecule has 1 fully saturated rings. The quantitative estimate of drug-likeness (QED) is 0.713. The van der Waals surface area contributed by atoms with Crippen LogP contribution in [0.25, 0.3) is 0 Å². The fourth-order valence-corrected chi connectivity index (χ4v) is 2.48. The molecule has 0 aliphatic carbocycles. The molecule has 1 aliphatic rings. The highest BCUT2D eigenvalue weighted by Gasteiger charge is 2.34. The molecule has 2 N–H and O–H groups in total. The number of likely N-dealkylation sites (tertiary alicyclic amines) is 1. The smallest absolute Gasteiger partial charge is 0.324 e. The van der Waals surface area contributed by atoms with E-state index in [1.54, 1.807) is 0 Å². The zero-order chi connectivity index (χ0) is 12.1. The van der Waals surface area contributed by atoms with Gasteiger partial charge in [0.15, 0.2) is 0 Å². The summed E-state index contributed by atoms with van der Waals surface area (Å²) in [4.78, 5) is 14.0. The Morgan fingerprint density at radius 2 is 1.94 bits per heavy atom. The number of carbonyl (C=O) groups is 1. The molecule has 0 saturated carbocycles. The lowest BCUT2D eigenvalue weighted by atomic mass is 9.95. The highest BCUT2D eigenvalue weighted by Crippen LogP contribution is 2.20. The Bertz CT molecular complexity index is 225. The third-order valence-corrected chi connectivity index (χ3v) is 3.17. The Morgan fingerprint density at radius 1 is 1.38 bits per heavy atom. The molecule has 0 unspecified atom stereocenters. The number of carbonyl (C=O) groups excluding carboxylic acids is 1. The molecule has 4 nitrogen and oxygen atoms in total. The van der Waals surface area contributed by atoms with Crippen molar-refractivity contribution in [3.63, 3.8) is 0 Å². The zero-order valence-electron chi connectivity index (χ0n) is 10.6. The van der Waals surface area contributed by atoms with E-state index in [0.717, 1.165) is 13.1 Å². The average Bonchev–Trinajstić information content (AvgIpc) is 2.71. The van der Waals surface area contributed by atoms with Gasteiger partial charge < -0.3 is 10.5 Å². The normalized spacial score (nSPS) is 21.1. The van der Waals surface area contributed by atoms with Crippen LogP contribution in [0.15, 0.2) is 0 Å². The zero-order valence-corrected chi connectivity index (χ0v) is 10.6. The van der Waals surface area contributed by atoms with Gasteiger partial charge >= 0.3 is 5.97 Å². The fraction of sp³-hybridized carbons (Fsp3) is 0.917. The number of rotatable bonds is 5. The second-order valence-electron chi connectivity index (χ2n) is 4.76. The van der Waals surface area contributed by atoms with E-state index in [9.17, 15) is 4.79 Å². The summed E-state index contributed by atoms with van der Waals surface area (Å²) in [6, 6.07) is -0.403. The molecule has 0 aromatic heterocycles. The second kappa shape index (κ2) is 6.21. The van der Waals surface area contributed by atoms with Crippen LogP contribution in [-0.2, 0) is 9.53 Å². The predicted molar refractivity (Wildman–Crippen MR) is 64.0 cm³/mol. The van der Waals surface area contributed by atoms with Crippen molar-refractivity contribution < 1.29 is 9.53 Å². The van der Waals surface area contributed by atoms with Crippen molar-refractivity contribution in [3.05, 3.63) is 0 Å². The van der Waals surface area contributed by atoms with Gasteiger partial charge in [-0.25, -0.2) is 0 Å². The van der Waals surface area contributed by atoms with Crippen LogP contribution in [0.3, 0.4) is 0 Å². The summed E-state index contributed by atoms with van der Waals surface area (Å²) >= 11 is 0. The van der Waals surface area contributed by atoms with E-state index in [-0.39, 0.29) is 12.0 Å². The standard InChI is InChI=1S/C12H24N2O2/c1-4-16-12(15)10(13)11(9(2)3)14-7-5-6-8-14/h9-11H,4-8,13H2,1-3H3/t10-,11+/m0/s1. The summed E-state index contributed by atoms with van der Waals surface area (Å²) in [6.45, 7) is 8.54. The van der Waals surface area contributed by atoms with Crippen LogP contribution in [0, 0.1) is 5.92 Å². The third-order valence-electron chi connectivity index (χ3n) is 3.17. The van der Waals surface area contributed by atoms with E-state index < -0.39 is 6.04 Å². The van der Waals surface area contributed by atoms with Gasteiger partial charge in [0.1, 0.15) is 6.04 Å². The lowest BCUT2D eigenvalue weighted by molar-refractivity contribution is -0.146. The molecule has 1 heterocycles. The molecule has 0 radical (unpaired) electrons. The minimum absolute atomic E-state index is 0.113. The van der Waals surface area contributed by atoms with Crippen LogP contribution in [0.2, 0.25) is 0 Å². The summed E-state index contributed by atoms with van der Waals surface area (Å²) in [7, 11) is 0. The van der Waals surface area contributed by atoms with Crippen LogP contribution >= 0.6 is 0 Å². The van der Waals surface area contributed by atoms with Gasteiger partial charge in [-0.2, -0.15) is 0 Å². The predicted octanol–water partition coefficient (Wildman–Crippen LogP) is 0.997. The van der Waals surface area contributed by atoms with Crippen molar-refractivity contribution >= 4 is 5.97 Å². The molecule has 94 valence electrons. The van der Waals surface area contributed by atoms with Crippen molar-refractivity contribution in [3.8, 4) is 0 Å². The lowest BCUT2D eigenvalue weighted by Gasteiger charge is -2.34. The van der Waals surface area contributed by atoms with E-state index in [0.29, 0.717) is 12.5 Å². The number of hydrogen-bond acceptors (Lipinski definition) is 4. The van der Waals surface area contributed by atoms with Gasteiger partial charge in [-0.3, -0.25) is 9.69 Å². The minimum atomic E-state index is -0.516. The SMILES string of the molecule is CCOC(=O)[C@@H](N)[C@@H](C(C)C)N1CCCC1. The molecule has 0 spiro atoms. The first-order valence-corrected chi connectivity index (χ1v) is 6.24. The van der Waals surface area contributed by atoms with E-state index in [1.807, 2.05) is 6.92 Å². The molecular formula is C12H24N2O2. The van der Waals surface area contributed by atoms with Crippen LogP contribution in [-0.4, -0.2) is 42.6 Å². The van der Waals surface area contributed by atoms with Crippen LogP contribution in [0.5, 0.6) is 0 Å². The summed E-state index contributed by atoms with van der Waals surface area (Å²) in [5, 5.41) is 0. The van der Waals surface area contributed by atoms with Gasteiger partial charge in [0, 0.05) is 6.04 Å². The first-order valence-electron chi connectivity index (χ1n) is 6.24. The van der Waals surface area contributed by atoms with Crippen LogP contribution in [0.4, 0.5) is 0 Å². The minimum Gasteiger partial charge on any atom is -0.465 e. The van der Waals surface area contributed by atoms with Crippen molar-refractivity contribution in [2.75, 3.05) is 19.7 Å². The molecule has 1 saturated heterocycles. The average molecular weight is 228 g/mol. The van der Waals surface area contributed by atoms with Gasteiger partial charge in [0.2, 0.25) is 0 Å². The number of nitrogens with two attached hydrogens (primary N) is 1. The van der Waals surface area contributed by atoms with Crippen molar-refractivity contribution in [2.24, 2.45) is 11.7 Å². The maximum absolute atomic E-state index is 11.7. The molecular weight excluding hydrogens is 204 g/mol. The maximum Gasteiger partial charge on any atom is 0.324 e. The van der Waals surface area contributed by atoms with Crippen LogP contribution in [0.1, 0.15) is 33.6 Å². The molecule has 0 bridgehead atoms. The summed E-state index contributed by atoms with van der Waals surface area (Å²) in [5.74, 6) is 0.102. The Balaban J connectivity index is 2.64. The molecule has 0 aromatic carbocycles. The summed E-state index contributed by atoms with van der Waals surface area (Å²) < 4.78 is 5.00. The number of hydrogen-bond donors (Lipinski definition) is 1. The van der Waals surface area contributed by atoms with E-state index >= 15 is 0 Å². The van der Waals surface area contributed by atoms with E-state index in [4.69, 9.17) is 10.5 Å². The molecule has 1 rings (SSSR count). The number of esters is 1. The Morgan fingerprint density at radius 3 is 2.38 bits per heavy atom. The Kier molecular flexibility index (Phi) is 5.22. The largest absolute Gasteiger partial charge is 0.465 e. The molecule has 2 atom stereocenters. The van der Waals surface area contributed by atoms with Crippen LogP contribution < -0.4 is 5.73 Å². The van der Waals surface area contributed by atoms with E-state index in [1.165, 1.54) is 12.8 Å². The van der Waals surface area contributed by atoms with Gasteiger partial charge in [-0.05, 0) is 38.8 Å². The maximum atomic E-state index is 11.7. The fourth-order valence-electron chi connectivity index (χ4n) is 2.48. The summed E-state index contributed by atoms with van der Waals surface area (Å²) in [5.41, 5.74) is 6.01. The van der Waals surface area contributed by atoms with Gasteiger partial charge in [0.05, 0.1) is 6.61 Å². The molecule has 1 aliphatic heterocycles. The van der Waals surface area contributed by atoms with Gasteiger partial charge in [-0.15, -0.1) is 0 Å². The Hall–Kier alpha value is -0.610. The third kappa shape index (κ3) is 3.19. The van der Waals surface area contributed by atoms with Crippen molar-refractivity contribution in [1.82, 2.24) is 4.90 Å². The summed E-state index contributed by atoms with van der Waals surface area (Å²) in [6.07, 6.45) is 2.41. The highest BCUT2D eigenvalue weighted by molar-refractivity contribution is 5.76. The van der Waals surface area contributed by atoms with E-state index in [2.05, 4.69) is 18.7 Å². The second-order valence-corrected chi connectivity index (χ2v) is 4.76. The first-order chi connectivity index (χ1) is 7.57. The van der Waals surface area contributed by atoms with Crippen molar-refractivity contribution in [1.29, 1.82) is 0 Å². The monoisotopic (exact) mass is 228 g/mol. The topological polar surface area (TPSA) is 55.6 Å². The molecule has 0 aromatic rings. The first kappa shape index (κ1) is 13.5. The molecule has 16 heavy (non-hydrogen) atoms.